The van der Waals surface area contributed by atoms with Crippen LogP contribution in [0.2, 0.25) is 5.02 Å². The number of rotatable bonds is 10. The number of pyridine rings is 1. The van der Waals surface area contributed by atoms with Crippen molar-refractivity contribution in [2.45, 2.75) is 0 Å². The Balaban J connectivity index is 2.43. The molecule has 21 heavy (non-hydrogen) atoms. The van der Waals surface area contributed by atoms with Gasteiger partial charge in [-0.2, -0.15) is 0 Å². The number of hydrazine groups is 1. The summed E-state index contributed by atoms with van der Waals surface area (Å²) in [5.41, 5.74) is 5.32. The largest absolute Gasteiger partial charge is 0.394 e. The molecular formula is C11H16ClN5O4. The van der Waals surface area contributed by atoms with E-state index in [1.165, 1.54) is 6.20 Å². The molecule has 0 unspecified atom stereocenters. The molecule has 1 heterocycles. The van der Waals surface area contributed by atoms with Crippen molar-refractivity contribution in [1.82, 2.24) is 15.7 Å². The molecule has 0 spiro atoms. The molecule has 1 aromatic heterocycles. The first kappa shape index (κ1) is 17.0. The number of aliphatic hydroxyl groups is 1. The van der Waals surface area contributed by atoms with Crippen molar-refractivity contribution in [3.8, 4) is 0 Å². The van der Waals surface area contributed by atoms with Gasteiger partial charge < -0.3 is 15.2 Å². The molecule has 0 fully saturated rings. The van der Waals surface area contributed by atoms with E-state index in [2.05, 4.69) is 21.2 Å². The monoisotopic (exact) mass is 317 g/mol. The normalized spacial score (nSPS) is 11.0. The Labute approximate surface area is 126 Å². The summed E-state index contributed by atoms with van der Waals surface area (Å²) in [6.07, 6.45) is 2.22. The Hall–Kier alpha value is -2.10. The Morgan fingerprint density at radius 3 is 2.95 bits per heavy atom. The zero-order valence-electron chi connectivity index (χ0n) is 11.1. The van der Waals surface area contributed by atoms with Gasteiger partial charge in [-0.1, -0.05) is 11.6 Å². The van der Waals surface area contributed by atoms with Gasteiger partial charge in [-0.15, -0.1) is 0 Å². The zero-order chi connectivity index (χ0) is 15.5. The van der Waals surface area contributed by atoms with E-state index in [1.807, 2.05) is 0 Å². The third kappa shape index (κ3) is 7.92. The van der Waals surface area contributed by atoms with E-state index >= 15 is 0 Å². The highest BCUT2D eigenvalue weighted by Gasteiger charge is 2.02. The van der Waals surface area contributed by atoms with E-state index in [-0.39, 0.29) is 19.0 Å². The molecule has 0 amide bonds. The number of aromatic nitrogens is 1. The second-order valence-corrected chi connectivity index (χ2v) is 4.14. The molecule has 10 heteroatoms. The van der Waals surface area contributed by atoms with Gasteiger partial charge in [-0.3, -0.25) is 21.0 Å². The molecule has 1 aromatic rings. The van der Waals surface area contributed by atoms with E-state index in [0.717, 1.165) is 6.20 Å². The summed E-state index contributed by atoms with van der Waals surface area (Å²) < 4.78 is 5.03. The van der Waals surface area contributed by atoms with Crippen LogP contribution in [0, 0.1) is 10.1 Å². The molecular weight excluding hydrogens is 302 g/mol. The Morgan fingerprint density at radius 1 is 1.52 bits per heavy atom. The van der Waals surface area contributed by atoms with Crippen molar-refractivity contribution in [1.29, 1.82) is 0 Å². The Kier molecular flexibility index (Phi) is 7.87. The number of hydrogen-bond acceptors (Lipinski definition) is 8. The number of anilines is 1. The van der Waals surface area contributed by atoms with E-state index in [1.54, 1.807) is 12.1 Å². The number of nitrogens with zero attached hydrogens (tertiary/aromatic N) is 2. The Bertz CT molecular complexity index is 468. The fourth-order valence-corrected chi connectivity index (χ4v) is 1.34. The van der Waals surface area contributed by atoms with Gasteiger partial charge in [0.25, 0.3) is 6.20 Å². The maximum atomic E-state index is 10.5. The lowest BCUT2D eigenvalue weighted by Crippen LogP contribution is -2.33. The topological polar surface area (TPSA) is 122 Å². The van der Waals surface area contributed by atoms with Crippen molar-refractivity contribution in [3.05, 3.63) is 45.5 Å². The maximum Gasteiger partial charge on any atom is 0.275 e. The zero-order valence-corrected chi connectivity index (χ0v) is 11.8. The summed E-state index contributed by atoms with van der Waals surface area (Å²) >= 11 is 5.70. The summed E-state index contributed by atoms with van der Waals surface area (Å²) in [4.78, 5) is 13.9. The number of aliphatic hydroxyl groups excluding tert-OH is 1. The standard InChI is InChI=1S/C11H16ClN5O4/c12-9-1-2-10(14-7-9)15-16-11(8-17(19)20)13-3-5-21-6-4-18/h1-2,7-8,13,16,18H,3-6H2,(H,14,15). The van der Waals surface area contributed by atoms with Gasteiger partial charge in [0.15, 0.2) is 5.82 Å². The van der Waals surface area contributed by atoms with Gasteiger partial charge in [-0.05, 0) is 12.1 Å². The van der Waals surface area contributed by atoms with Crippen LogP contribution in [0.15, 0.2) is 30.4 Å². The van der Waals surface area contributed by atoms with Crippen LogP contribution in [0.3, 0.4) is 0 Å². The number of ether oxygens (including phenoxy) is 1. The van der Waals surface area contributed by atoms with Crippen molar-refractivity contribution in [2.75, 3.05) is 31.8 Å². The van der Waals surface area contributed by atoms with Crippen molar-refractivity contribution in [3.63, 3.8) is 0 Å². The van der Waals surface area contributed by atoms with Crippen LogP contribution < -0.4 is 16.2 Å². The molecule has 9 nitrogen and oxygen atoms in total. The molecule has 0 aliphatic rings. The number of hydrogen-bond donors (Lipinski definition) is 4. The van der Waals surface area contributed by atoms with E-state index in [0.29, 0.717) is 24.0 Å². The first-order valence-corrected chi connectivity index (χ1v) is 6.41. The summed E-state index contributed by atoms with van der Waals surface area (Å²) in [6, 6.07) is 3.25. The Morgan fingerprint density at radius 2 is 2.33 bits per heavy atom. The van der Waals surface area contributed by atoms with Crippen LogP contribution in [-0.2, 0) is 4.74 Å². The fourth-order valence-electron chi connectivity index (χ4n) is 1.23. The maximum absolute atomic E-state index is 10.5. The molecule has 0 aliphatic carbocycles. The average molecular weight is 318 g/mol. The molecule has 0 radical (unpaired) electrons. The quantitative estimate of drug-likeness (QED) is 0.277. The van der Waals surface area contributed by atoms with Gasteiger partial charge in [0.05, 0.1) is 29.8 Å². The van der Waals surface area contributed by atoms with Crippen molar-refractivity contribution < 1.29 is 14.8 Å². The van der Waals surface area contributed by atoms with Crippen LogP contribution in [-0.4, -0.2) is 41.4 Å². The third-order valence-electron chi connectivity index (χ3n) is 2.08. The number of halogens is 1. The number of nitro groups is 1. The van der Waals surface area contributed by atoms with Crippen LogP contribution in [0.5, 0.6) is 0 Å². The van der Waals surface area contributed by atoms with Crippen molar-refractivity contribution >= 4 is 17.4 Å². The SMILES string of the molecule is O=[N+]([O-])C=C(NCCOCCO)NNc1ccc(Cl)cn1. The summed E-state index contributed by atoms with van der Waals surface area (Å²) in [5, 5.41) is 22.3. The minimum atomic E-state index is -0.596. The first-order chi connectivity index (χ1) is 10.1. The van der Waals surface area contributed by atoms with Crippen LogP contribution >= 0.6 is 11.6 Å². The van der Waals surface area contributed by atoms with E-state index in [9.17, 15) is 10.1 Å². The minimum absolute atomic E-state index is 0.0698. The molecule has 0 bridgehead atoms. The third-order valence-corrected chi connectivity index (χ3v) is 2.31. The molecule has 116 valence electrons. The van der Waals surface area contributed by atoms with E-state index in [4.69, 9.17) is 21.4 Å². The first-order valence-electron chi connectivity index (χ1n) is 6.03. The molecule has 1 rings (SSSR count). The highest BCUT2D eigenvalue weighted by Crippen LogP contribution is 2.08. The lowest BCUT2D eigenvalue weighted by molar-refractivity contribution is -0.404. The van der Waals surface area contributed by atoms with Crippen LogP contribution in [0.4, 0.5) is 5.82 Å². The highest BCUT2D eigenvalue weighted by atomic mass is 35.5. The van der Waals surface area contributed by atoms with E-state index < -0.39 is 4.92 Å². The molecule has 0 saturated carbocycles. The second-order valence-electron chi connectivity index (χ2n) is 3.70. The summed E-state index contributed by atoms with van der Waals surface area (Å²) in [7, 11) is 0. The lowest BCUT2D eigenvalue weighted by atomic mass is 10.5. The van der Waals surface area contributed by atoms with Gasteiger partial charge in [0.1, 0.15) is 5.82 Å². The van der Waals surface area contributed by atoms with Gasteiger partial charge in [-0.25, -0.2) is 4.98 Å². The average Bonchev–Trinajstić information content (AvgIpc) is 2.45. The summed E-state index contributed by atoms with van der Waals surface area (Å²) in [5.74, 6) is 0.594. The lowest BCUT2D eigenvalue weighted by Gasteiger charge is -2.12. The van der Waals surface area contributed by atoms with Crippen LogP contribution in [0.25, 0.3) is 0 Å². The number of nitrogens with one attached hydrogen (secondary N) is 3. The molecule has 0 aromatic carbocycles. The molecule has 0 atom stereocenters. The van der Waals surface area contributed by atoms with Gasteiger partial charge in [0, 0.05) is 12.7 Å². The predicted octanol–water partition coefficient (Wildman–Crippen LogP) is 0.326. The summed E-state index contributed by atoms with van der Waals surface area (Å²) in [6.45, 7) is 0.787. The molecule has 0 aliphatic heterocycles. The molecule has 0 saturated heterocycles. The second kappa shape index (κ2) is 9.75. The smallest absolute Gasteiger partial charge is 0.275 e. The highest BCUT2D eigenvalue weighted by molar-refractivity contribution is 6.30. The van der Waals surface area contributed by atoms with Crippen molar-refractivity contribution in [2.24, 2.45) is 0 Å². The predicted molar refractivity (Wildman–Crippen MR) is 77.0 cm³/mol. The van der Waals surface area contributed by atoms with Gasteiger partial charge >= 0.3 is 0 Å². The minimum Gasteiger partial charge on any atom is -0.394 e. The van der Waals surface area contributed by atoms with Gasteiger partial charge in [0.2, 0.25) is 0 Å². The van der Waals surface area contributed by atoms with Crippen LogP contribution in [0.1, 0.15) is 0 Å². The molecule has 4 N–H and O–H groups in total. The fraction of sp³-hybridized carbons (Fsp3) is 0.364.